The van der Waals surface area contributed by atoms with Gasteiger partial charge in [-0.15, -0.1) is 0 Å². The van der Waals surface area contributed by atoms with E-state index in [4.69, 9.17) is 4.42 Å². The molecule has 1 aromatic carbocycles. The summed E-state index contributed by atoms with van der Waals surface area (Å²) < 4.78 is 66.5. The first-order chi connectivity index (χ1) is 18.4. The maximum absolute atomic E-state index is 15.8. The highest BCUT2D eigenvalue weighted by molar-refractivity contribution is 7.92. The highest BCUT2D eigenvalue weighted by Crippen LogP contribution is 2.42. The van der Waals surface area contributed by atoms with Crippen LogP contribution in [-0.4, -0.2) is 35.8 Å². The van der Waals surface area contributed by atoms with Crippen molar-refractivity contribution in [3.8, 4) is 11.8 Å². The Balaban J connectivity index is 1.52. The number of sulfonamides is 1. The first-order valence-electron chi connectivity index (χ1n) is 12.4. The van der Waals surface area contributed by atoms with Crippen LogP contribution in [0.5, 0.6) is 0 Å². The van der Waals surface area contributed by atoms with Crippen molar-refractivity contribution < 1.29 is 26.0 Å². The molecule has 0 spiro atoms. The summed E-state index contributed by atoms with van der Waals surface area (Å²) in [5.41, 5.74) is 4.24. The fraction of sp³-hybridized carbons (Fsp3) is 0.214. The number of benzene rings is 1. The fourth-order valence-corrected chi connectivity index (χ4v) is 6.70. The van der Waals surface area contributed by atoms with Crippen LogP contribution < -0.4 is 10.3 Å². The quantitative estimate of drug-likeness (QED) is 0.284. The topological polar surface area (TPSA) is 84.3 Å². The van der Waals surface area contributed by atoms with Crippen LogP contribution in [0.2, 0.25) is 0 Å². The van der Waals surface area contributed by atoms with E-state index in [-0.39, 0.29) is 23.3 Å². The van der Waals surface area contributed by atoms with Gasteiger partial charge in [-0.05, 0) is 68.4 Å². The highest BCUT2D eigenvalue weighted by atomic mass is 32.2. The third-order valence-electron chi connectivity index (χ3n) is 7.28. The summed E-state index contributed by atoms with van der Waals surface area (Å²) in [6.45, 7) is 2.80. The molecule has 3 aliphatic heterocycles. The number of aromatic nitrogens is 1. The lowest BCUT2D eigenvalue weighted by Gasteiger charge is -2.33. The number of aryl methyl sites for hydroxylation is 2. The molecule has 7 nitrogen and oxygen atoms in total. The normalized spacial score (nSPS) is 19.1. The van der Waals surface area contributed by atoms with Crippen LogP contribution in [0.15, 0.2) is 56.9 Å². The molecule has 3 aromatic rings. The molecule has 6 rings (SSSR count). The monoisotopic (exact) mass is 547 g/mol. The van der Waals surface area contributed by atoms with Gasteiger partial charge in [0, 0.05) is 36.1 Å². The van der Waals surface area contributed by atoms with E-state index in [1.807, 2.05) is 0 Å². The number of hydrogen-bond acceptors (Lipinski definition) is 4. The summed E-state index contributed by atoms with van der Waals surface area (Å²) >= 11 is 0. The predicted molar refractivity (Wildman–Crippen MR) is 149 cm³/mol. The van der Waals surface area contributed by atoms with Crippen molar-refractivity contribution in [1.82, 2.24) is 4.48 Å². The van der Waals surface area contributed by atoms with Gasteiger partial charge >= 0.3 is 12.6 Å². The number of nitrogens with zero attached hydrogens (tertiary/aromatic N) is 2. The second-order valence-electron chi connectivity index (χ2n) is 10.1. The predicted octanol–water partition coefficient (Wildman–Crippen LogP) is 4.80. The van der Waals surface area contributed by atoms with Gasteiger partial charge in [-0.3, -0.25) is 4.72 Å². The lowest BCUT2D eigenvalue weighted by molar-refractivity contribution is -0.363. The molecule has 0 radical (unpaired) electrons. The standard InChI is InChI=1S/C28H24BF2N3O4S/c1-16-11-18(3)33-26(16)23(27-17(2)12-19(4)34(27)29(33,30)31)9-8-21-13-22-14-24-20(15-25(22)38-28(21)35)7-5-6-10-39(36,37)32-24/h8-9,11-15,32H,6,10H2,1-4H3/b9-8+. The van der Waals surface area contributed by atoms with Crippen LogP contribution in [-0.2, 0) is 10.0 Å². The summed E-state index contributed by atoms with van der Waals surface area (Å²) in [4.78, 5) is 12.9. The van der Waals surface area contributed by atoms with Crippen molar-refractivity contribution >= 4 is 51.0 Å². The number of anilines is 1. The van der Waals surface area contributed by atoms with E-state index >= 15 is 8.63 Å². The van der Waals surface area contributed by atoms with Crippen LogP contribution in [0.25, 0.3) is 22.6 Å². The lowest BCUT2D eigenvalue weighted by Crippen LogP contribution is -2.51. The van der Waals surface area contributed by atoms with Gasteiger partial charge in [-0.2, -0.15) is 0 Å². The molecule has 3 aliphatic rings. The molecule has 0 saturated heterocycles. The van der Waals surface area contributed by atoms with Gasteiger partial charge in [0.1, 0.15) is 11.3 Å². The first-order valence-corrected chi connectivity index (χ1v) is 14.1. The maximum Gasteiger partial charge on any atom is 0.737 e. The van der Waals surface area contributed by atoms with Crippen LogP contribution in [0.4, 0.5) is 14.3 Å². The molecule has 0 saturated carbocycles. The van der Waals surface area contributed by atoms with E-state index in [0.717, 1.165) is 8.96 Å². The minimum Gasteiger partial charge on any atom is -0.422 e. The summed E-state index contributed by atoms with van der Waals surface area (Å²) in [7, 11) is -3.56. The number of hydrogen-bond donors (Lipinski definition) is 1. The third kappa shape index (κ3) is 3.89. The van der Waals surface area contributed by atoms with Gasteiger partial charge in [-0.1, -0.05) is 11.8 Å². The Bertz CT molecular complexity index is 2000. The third-order valence-corrected chi connectivity index (χ3v) is 8.56. The van der Waals surface area contributed by atoms with Gasteiger partial charge in [0.25, 0.3) is 0 Å². The van der Waals surface area contributed by atoms with Crippen molar-refractivity contribution in [3.05, 3.63) is 86.2 Å². The lowest BCUT2D eigenvalue weighted by atomic mass is 9.86. The number of nitrogens with one attached hydrogen (secondary N) is 1. The summed E-state index contributed by atoms with van der Waals surface area (Å²) in [6, 6.07) is 6.45. The fourth-order valence-electron chi connectivity index (χ4n) is 5.73. The van der Waals surface area contributed by atoms with Crippen LogP contribution >= 0.6 is 0 Å². The maximum atomic E-state index is 15.8. The molecule has 2 aromatic heterocycles. The average Bonchev–Trinajstić information content (AvgIpc) is 3.31. The molecule has 0 amide bonds. The second kappa shape index (κ2) is 8.42. The van der Waals surface area contributed by atoms with E-state index in [1.54, 1.807) is 70.2 Å². The summed E-state index contributed by atoms with van der Waals surface area (Å²) in [5.74, 6) is 5.62. The van der Waals surface area contributed by atoms with E-state index in [1.165, 1.54) is 0 Å². The van der Waals surface area contributed by atoms with Gasteiger partial charge < -0.3 is 22.0 Å². The van der Waals surface area contributed by atoms with Crippen molar-refractivity contribution in [2.24, 2.45) is 0 Å². The molecule has 0 aliphatic carbocycles. The summed E-state index contributed by atoms with van der Waals surface area (Å²) in [5, 5.41) is 0.493. The molecular formula is C28H24BF2N3O4S. The van der Waals surface area contributed by atoms with E-state index in [9.17, 15) is 13.2 Å². The Morgan fingerprint density at radius 3 is 2.67 bits per heavy atom. The Kier molecular flexibility index (Phi) is 5.42. The zero-order chi connectivity index (χ0) is 27.9. The molecule has 39 heavy (non-hydrogen) atoms. The Hall–Kier alpha value is -4.17. The van der Waals surface area contributed by atoms with Crippen LogP contribution in [0, 0.1) is 25.7 Å². The molecule has 1 N–H and O–H groups in total. The van der Waals surface area contributed by atoms with Crippen LogP contribution in [0.3, 0.4) is 0 Å². The zero-order valence-corrected chi connectivity index (χ0v) is 22.5. The van der Waals surface area contributed by atoms with E-state index in [2.05, 4.69) is 16.6 Å². The second-order valence-corrected chi connectivity index (χ2v) is 11.9. The van der Waals surface area contributed by atoms with Gasteiger partial charge in [0.2, 0.25) is 10.0 Å². The van der Waals surface area contributed by atoms with Crippen LogP contribution in [0.1, 0.15) is 48.3 Å². The molecule has 0 unspecified atom stereocenters. The van der Waals surface area contributed by atoms with Gasteiger partial charge in [0.15, 0.2) is 5.70 Å². The zero-order valence-electron chi connectivity index (χ0n) is 21.7. The number of rotatable bonds is 2. The molecule has 0 fully saturated rings. The smallest absolute Gasteiger partial charge is 0.422 e. The number of allylic oxidation sites excluding steroid dienone is 4. The Morgan fingerprint density at radius 2 is 1.90 bits per heavy atom. The molecule has 5 heterocycles. The number of fused-ring (bicyclic) bond motifs is 4. The summed E-state index contributed by atoms with van der Waals surface area (Å²) in [6.07, 6.45) is 5.15. The largest absolute Gasteiger partial charge is 0.737 e. The minimum atomic E-state index is -4.10. The molecule has 11 heteroatoms. The molecular weight excluding hydrogens is 523 g/mol. The molecule has 198 valence electrons. The van der Waals surface area contributed by atoms with Crippen molar-refractivity contribution in [2.45, 2.75) is 34.1 Å². The van der Waals surface area contributed by atoms with Gasteiger partial charge in [0.05, 0.1) is 28.1 Å². The van der Waals surface area contributed by atoms with Crippen molar-refractivity contribution in [2.75, 3.05) is 10.5 Å². The van der Waals surface area contributed by atoms with Crippen molar-refractivity contribution in [1.29, 1.82) is 0 Å². The highest BCUT2D eigenvalue weighted by Gasteiger charge is 2.54. The average molecular weight is 547 g/mol. The van der Waals surface area contributed by atoms with E-state index in [0.29, 0.717) is 56.1 Å². The van der Waals surface area contributed by atoms with Gasteiger partial charge in [-0.25, -0.2) is 13.2 Å². The van der Waals surface area contributed by atoms with E-state index < -0.39 is 22.6 Å². The molecule has 0 atom stereocenters. The van der Waals surface area contributed by atoms with Crippen molar-refractivity contribution in [3.63, 3.8) is 0 Å². The first kappa shape index (κ1) is 25.1. The molecule has 0 bridgehead atoms. The minimum absolute atomic E-state index is 0.116. The number of halogens is 2. The Labute approximate surface area is 223 Å². The Morgan fingerprint density at radius 1 is 1.13 bits per heavy atom. The SMILES string of the molecule is CC1=CC(C)=[N+]2C1=C(/C=C/c1cc3cc4c(cc3oc1=O)C#CCCS(=O)(=O)N4)c1c(C)cc(C)n1[B-]2(F)F.